The molecule has 1 aromatic carbocycles. The van der Waals surface area contributed by atoms with Crippen molar-refractivity contribution in [2.45, 2.75) is 27.0 Å². The fourth-order valence-corrected chi connectivity index (χ4v) is 2.42. The lowest BCUT2D eigenvalue weighted by Gasteiger charge is -2.25. The van der Waals surface area contributed by atoms with Gasteiger partial charge < -0.3 is 20.1 Å². The molecule has 1 aliphatic heterocycles. The van der Waals surface area contributed by atoms with Gasteiger partial charge in [-0.1, -0.05) is 13.8 Å². The standard InChI is InChI=1S/C14H22N2O2/c1-10(2)6-16(3)7-11-4-13(15)5-12-8-17-9-18-14(11)12/h4-5,10H,6-9,15H2,1-3H3. The maximum absolute atomic E-state index is 5.93. The van der Waals surface area contributed by atoms with Gasteiger partial charge in [-0.15, -0.1) is 0 Å². The summed E-state index contributed by atoms with van der Waals surface area (Å²) < 4.78 is 10.9. The highest BCUT2D eigenvalue weighted by atomic mass is 16.7. The van der Waals surface area contributed by atoms with Crippen molar-refractivity contribution >= 4 is 5.69 Å². The van der Waals surface area contributed by atoms with Crippen LogP contribution in [0.1, 0.15) is 25.0 Å². The fraction of sp³-hybridized carbons (Fsp3) is 0.571. The Morgan fingerprint density at radius 1 is 1.39 bits per heavy atom. The van der Waals surface area contributed by atoms with E-state index in [1.54, 1.807) is 0 Å². The molecule has 1 aromatic rings. The zero-order valence-electron chi connectivity index (χ0n) is 11.4. The molecule has 4 heteroatoms. The molecule has 0 radical (unpaired) electrons. The normalized spacial score (nSPS) is 14.7. The van der Waals surface area contributed by atoms with Gasteiger partial charge in [0.25, 0.3) is 0 Å². The lowest BCUT2D eigenvalue weighted by atomic mass is 10.1. The SMILES string of the molecule is CC(C)CN(C)Cc1cc(N)cc2c1OCOC2. The minimum Gasteiger partial charge on any atom is -0.467 e. The summed E-state index contributed by atoms with van der Waals surface area (Å²) in [5, 5.41) is 0. The molecule has 100 valence electrons. The Morgan fingerprint density at radius 3 is 2.89 bits per heavy atom. The molecule has 0 bridgehead atoms. The number of fused-ring (bicyclic) bond motifs is 1. The van der Waals surface area contributed by atoms with Crippen molar-refractivity contribution in [1.82, 2.24) is 4.90 Å². The Morgan fingerprint density at radius 2 is 2.17 bits per heavy atom. The number of anilines is 1. The molecule has 0 atom stereocenters. The molecular weight excluding hydrogens is 228 g/mol. The smallest absolute Gasteiger partial charge is 0.189 e. The van der Waals surface area contributed by atoms with Crippen LogP contribution in [0.4, 0.5) is 5.69 Å². The number of nitrogens with zero attached hydrogens (tertiary/aromatic N) is 1. The maximum Gasteiger partial charge on any atom is 0.189 e. The summed E-state index contributed by atoms with van der Waals surface area (Å²) in [6.45, 7) is 7.26. The molecule has 1 heterocycles. The summed E-state index contributed by atoms with van der Waals surface area (Å²) in [5.74, 6) is 1.60. The summed E-state index contributed by atoms with van der Waals surface area (Å²) in [5.41, 5.74) is 8.90. The number of rotatable bonds is 4. The van der Waals surface area contributed by atoms with Crippen molar-refractivity contribution in [1.29, 1.82) is 0 Å². The average Bonchev–Trinajstić information content (AvgIpc) is 2.27. The first-order valence-corrected chi connectivity index (χ1v) is 6.36. The topological polar surface area (TPSA) is 47.7 Å². The molecule has 2 rings (SSSR count). The van der Waals surface area contributed by atoms with Gasteiger partial charge in [0.05, 0.1) is 6.61 Å². The van der Waals surface area contributed by atoms with Crippen LogP contribution in [0.2, 0.25) is 0 Å². The Kier molecular flexibility index (Phi) is 4.09. The van der Waals surface area contributed by atoms with Crippen LogP contribution in [0.15, 0.2) is 12.1 Å². The lowest BCUT2D eigenvalue weighted by Crippen LogP contribution is -2.24. The van der Waals surface area contributed by atoms with Crippen molar-refractivity contribution in [3.8, 4) is 5.75 Å². The summed E-state index contributed by atoms with van der Waals surface area (Å²) in [4.78, 5) is 2.29. The van der Waals surface area contributed by atoms with Gasteiger partial charge in [-0.2, -0.15) is 0 Å². The molecule has 0 fully saturated rings. The van der Waals surface area contributed by atoms with Crippen LogP contribution >= 0.6 is 0 Å². The third-order valence-corrected chi connectivity index (χ3v) is 2.93. The second-order valence-electron chi connectivity index (χ2n) is 5.37. The number of benzene rings is 1. The van der Waals surface area contributed by atoms with Crippen molar-refractivity contribution in [3.05, 3.63) is 23.3 Å². The van der Waals surface area contributed by atoms with Gasteiger partial charge in [0.15, 0.2) is 6.79 Å². The fourth-order valence-electron chi connectivity index (χ4n) is 2.42. The minimum absolute atomic E-state index is 0.331. The van der Waals surface area contributed by atoms with E-state index in [1.807, 2.05) is 12.1 Å². The van der Waals surface area contributed by atoms with Crippen molar-refractivity contribution in [2.75, 3.05) is 26.1 Å². The van der Waals surface area contributed by atoms with Crippen LogP contribution < -0.4 is 10.5 Å². The van der Waals surface area contributed by atoms with E-state index in [2.05, 4.69) is 25.8 Å². The molecule has 2 N–H and O–H groups in total. The second-order valence-corrected chi connectivity index (χ2v) is 5.37. The lowest BCUT2D eigenvalue weighted by molar-refractivity contribution is -0.0173. The third kappa shape index (κ3) is 3.15. The highest BCUT2D eigenvalue weighted by Gasteiger charge is 2.17. The van der Waals surface area contributed by atoms with E-state index >= 15 is 0 Å². The van der Waals surface area contributed by atoms with Crippen LogP contribution in [0.5, 0.6) is 5.75 Å². The van der Waals surface area contributed by atoms with Gasteiger partial charge in [-0.25, -0.2) is 0 Å². The summed E-state index contributed by atoms with van der Waals surface area (Å²) in [6.07, 6.45) is 0. The molecule has 0 aliphatic carbocycles. The molecule has 0 saturated carbocycles. The van der Waals surface area contributed by atoms with Gasteiger partial charge >= 0.3 is 0 Å². The predicted molar refractivity (Wildman–Crippen MR) is 72.3 cm³/mol. The zero-order chi connectivity index (χ0) is 13.1. The van der Waals surface area contributed by atoms with E-state index in [1.165, 1.54) is 0 Å². The first-order chi connectivity index (χ1) is 8.56. The molecule has 1 aliphatic rings. The molecular formula is C14H22N2O2. The van der Waals surface area contributed by atoms with E-state index in [9.17, 15) is 0 Å². The molecule has 4 nitrogen and oxygen atoms in total. The molecule has 0 unspecified atom stereocenters. The van der Waals surface area contributed by atoms with Gasteiger partial charge in [-0.3, -0.25) is 0 Å². The first-order valence-electron chi connectivity index (χ1n) is 6.36. The number of hydrogen-bond donors (Lipinski definition) is 1. The minimum atomic E-state index is 0.331. The van der Waals surface area contributed by atoms with Crippen molar-refractivity contribution in [3.63, 3.8) is 0 Å². The van der Waals surface area contributed by atoms with Crippen LogP contribution in [0, 0.1) is 5.92 Å². The quantitative estimate of drug-likeness (QED) is 0.832. The Balaban J connectivity index is 2.19. The van der Waals surface area contributed by atoms with E-state index in [0.29, 0.717) is 19.3 Å². The number of ether oxygens (including phenoxy) is 2. The van der Waals surface area contributed by atoms with Crippen molar-refractivity contribution < 1.29 is 9.47 Å². The molecule has 18 heavy (non-hydrogen) atoms. The van der Waals surface area contributed by atoms with Gasteiger partial charge in [-0.05, 0) is 25.1 Å². The first kappa shape index (κ1) is 13.2. The Labute approximate surface area is 109 Å². The van der Waals surface area contributed by atoms with Crippen LogP contribution in [-0.2, 0) is 17.9 Å². The van der Waals surface area contributed by atoms with Gasteiger partial charge in [0, 0.05) is 29.9 Å². The number of nitrogen functional groups attached to an aromatic ring is 1. The molecule has 0 saturated heterocycles. The summed E-state index contributed by atoms with van der Waals surface area (Å²) in [6, 6.07) is 3.93. The maximum atomic E-state index is 5.93. The highest BCUT2D eigenvalue weighted by Crippen LogP contribution is 2.31. The predicted octanol–water partition coefficient (Wildman–Crippen LogP) is 2.22. The summed E-state index contributed by atoms with van der Waals surface area (Å²) >= 11 is 0. The second kappa shape index (κ2) is 5.59. The molecule has 0 spiro atoms. The Bertz CT molecular complexity index is 419. The van der Waals surface area contributed by atoms with Crippen LogP contribution in [0.3, 0.4) is 0 Å². The van der Waals surface area contributed by atoms with E-state index in [-0.39, 0.29) is 0 Å². The molecule has 0 aromatic heterocycles. The van der Waals surface area contributed by atoms with E-state index in [0.717, 1.165) is 35.7 Å². The number of nitrogens with two attached hydrogens (primary N) is 1. The largest absolute Gasteiger partial charge is 0.467 e. The summed E-state index contributed by atoms with van der Waals surface area (Å²) in [7, 11) is 2.12. The third-order valence-electron chi connectivity index (χ3n) is 2.93. The Hall–Kier alpha value is -1.26. The van der Waals surface area contributed by atoms with Crippen LogP contribution in [-0.4, -0.2) is 25.3 Å². The van der Waals surface area contributed by atoms with Crippen molar-refractivity contribution in [2.24, 2.45) is 5.92 Å². The number of hydrogen-bond acceptors (Lipinski definition) is 4. The zero-order valence-corrected chi connectivity index (χ0v) is 11.4. The average molecular weight is 250 g/mol. The van der Waals surface area contributed by atoms with Gasteiger partial charge in [0.2, 0.25) is 0 Å². The van der Waals surface area contributed by atoms with E-state index in [4.69, 9.17) is 15.2 Å². The van der Waals surface area contributed by atoms with Crippen LogP contribution in [0.25, 0.3) is 0 Å². The monoisotopic (exact) mass is 250 g/mol. The molecule has 0 amide bonds. The highest BCUT2D eigenvalue weighted by molar-refractivity contribution is 5.53. The van der Waals surface area contributed by atoms with E-state index < -0.39 is 0 Å². The van der Waals surface area contributed by atoms with Gasteiger partial charge in [0.1, 0.15) is 5.75 Å².